The van der Waals surface area contributed by atoms with Gasteiger partial charge in [-0.2, -0.15) is 4.31 Å². The monoisotopic (exact) mass is 285 g/mol. The highest BCUT2D eigenvalue weighted by molar-refractivity contribution is 7.89. The Morgan fingerprint density at radius 3 is 2.21 bits per heavy atom. The summed E-state index contributed by atoms with van der Waals surface area (Å²) in [6.07, 6.45) is 0.276. The molecule has 0 saturated carbocycles. The summed E-state index contributed by atoms with van der Waals surface area (Å²) in [5.74, 6) is -1.04. The van der Waals surface area contributed by atoms with Crippen LogP contribution in [0, 0.1) is 5.92 Å². The lowest BCUT2D eigenvalue weighted by molar-refractivity contribution is -0.141. The fourth-order valence-corrected chi connectivity index (χ4v) is 3.12. The molecule has 1 N–H and O–H groups in total. The minimum atomic E-state index is -3.78. The van der Waals surface area contributed by atoms with Crippen LogP contribution >= 0.6 is 0 Å². The Hall–Kier alpha value is -1.40. The molecule has 0 radical (unpaired) electrons. The number of hydrogen-bond donors (Lipinski definition) is 1. The van der Waals surface area contributed by atoms with Gasteiger partial charge in [0.2, 0.25) is 10.0 Å². The molecule has 5 nitrogen and oxygen atoms in total. The number of hydrogen-bond acceptors (Lipinski definition) is 3. The summed E-state index contributed by atoms with van der Waals surface area (Å²) < 4.78 is 25.6. The molecule has 1 aromatic carbocycles. The Bertz CT molecular complexity index is 525. The lowest BCUT2D eigenvalue weighted by Gasteiger charge is -2.25. The van der Waals surface area contributed by atoms with Gasteiger partial charge in [-0.15, -0.1) is 0 Å². The molecule has 19 heavy (non-hydrogen) atoms. The predicted molar refractivity (Wildman–Crippen MR) is 72.3 cm³/mol. The zero-order valence-corrected chi connectivity index (χ0v) is 12.1. The molecule has 0 amide bonds. The molecule has 0 fully saturated rings. The highest BCUT2D eigenvalue weighted by Gasteiger charge is 2.32. The van der Waals surface area contributed by atoms with Gasteiger partial charge in [-0.25, -0.2) is 8.42 Å². The van der Waals surface area contributed by atoms with E-state index in [1.54, 1.807) is 18.2 Å². The van der Waals surface area contributed by atoms with Crippen LogP contribution in [0.1, 0.15) is 20.3 Å². The summed E-state index contributed by atoms with van der Waals surface area (Å²) in [5.41, 5.74) is 0. The van der Waals surface area contributed by atoms with Crippen LogP contribution in [0.4, 0.5) is 0 Å². The van der Waals surface area contributed by atoms with Crippen LogP contribution in [0.15, 0.2) is 35.2 Å². The molecule has 0 aromatic heterocycles. The van der Waals surface area contributed by atoms with Crippen LogP contribution in [0.25, 0.3) is 0 Å². The van der Waals surface area contributed by atoms with Crippen molar-refractivity contribution in [3.05, 3.63) is 30.3 Å². The Balaban J connectivity index is 3.09. The van der Waals surface area contributed by atoms with Crippen LogP contribution in [0.2, 0.25) is 0 Å². The minimum absolute atomic E-state index is 0.0922. The Morgan fingerprint density at radius 2 is 1.79 bits per heavy atom. The van der Waals surface area contributed by atoms with Gasteiger partial charge in [-0.3, -0.25) is 4.79 Å². The van der Waals surface area contributed by atoms with Crippen molar-refractivity contribution in [1.82, 2.24) is 4.31 Å². The Kier molecular flexibility index (Phi) is 5.08. The lowest BCUT2D eigenvalue weighted by Crippen LogP contribution is -2.43. The van der Waals surface area contributed by atoms with E-state index in [1.165, 1.54) is 19.2 Å². The summed E-state index contributed by atoms with van der Waals surface area (Å²) in [6, 6.07) is 6.80. The molecule has 106 valence electrons. The van der Waals surface area contributed by atoms with Crippen molar-refractivity contribution in [3.63, 3.8) is 0 Å². The lowest BCUT2D eigenvalue weighted by atomic mass is 10.0. The SMILES string of the molecule is CC(C)C[C@@H](C(=O)O)N(C)S(=O)(=O)c1ccccc1. The van der Waals surface area contributed by atoms with Crippen molar-refractivity contribution in [3.8, 4) is 0 Å². The first-order chi connectivity index (χ1) is 8.76. The third-order valence-electron chi connectivity index (χ3n) is 2.84. The summed E-state index contributed by atoms with van der Waals surface area (Å²) in [5, 5.41) is 9.20. The van der Waals surface area contributed by atoms with Gasteiger partial charge in [-0.1, -0.05) is 32.0 Å². The molecular weight excluding hydrogens is 266 g/mol. The summed E-state index contributed by atoms with van der Waals surface area (Å²) >= 11 is 0. The van der Waals surface area contributed by atoms with E-state index in [9.17, 15) is 18.3 Å². The fourth-order valence-electron chi connectivity index (χ4n) is 1.78. The highest BCUT2D eigenvalue weighted by Crippen LogP contribution is 2.20. The molecule has 0 aliphatic rings. The second-order valence-electron chi connectivity index (χ2n) is 4.82. The Labute approximate surface area is 113 Å². The Morgan fingerprint density at radius 1 is 1.26 bits per heavy atom. The maximum Gasteiger partial charge on any atom is 0.322 e. The molecule has 0 saturated heterocycles. The van der Waals surface area contributed by atoms with E-state index in [2.05, 4.69) is 0 Å². The average Bonchev–Trinajstić information content (AvgIpc) is 2.35. The predicted octanol–water partition coefficient (Wildman–Crippen LogP) is 1.81. The normalized spacial score (nSPS) is 13.7. The van der Waals surface area contributed by atoms with Crippen LogP contribution in [-0.2, 0) is 14.8 Å². The number of carboxylic acid groups (broad SMARTS) is 1. The highest BCUT2D eigenvalue weighted by atomic mass is 32.2. The number of nitrogens with zero attached hydrogens (tertiary/aromatic N) is 1. The molecule has 1 rings (SSSR count). The standard InChI is InChI=1S/C13H19NO4S/c1-10(2)9-12(13(15)16)14(3)19(17,18)11-7-5-4-6-8-11/h4-8,10,12H,9H2,1-3H3,(H,15,16)/t12-/m0/s1. The molecule has 0 spiro atoms. The van der Waals surface area contributed by atoms with E-state index in [-0.39, 0.29) is 17.2 Å². The van der Waals surface area contributed by atoms with E-state index in [1.807, 2.05) is 13.8 Å². The van der Waals surface area contributed by atoms with Crippen LogP contribution in [0.5, 0.6) is 0 Å². The molecule has 0 unspecified atom stereocenters. The third-order valence-corrected chi connectivity index (χ3v) is 4.72. The van der Waals surface area contributed by atoms with Crippen molar-refractivity contribution < 1.29 is 18.3 Å². The maximum atomic E-state index is 12.3. The molecule has 0 bridgehead atoms. The zero-order chi connectivity index (χ0) is 14.6. The third kappa shape index (κ3) is 3.78. The quantitative estimate of drug-likeness (QED) is 0.865. The topological polar surface area (TPSA) is 74.7 Å². The van der Waals surface area contributed by atoms with Crippen molar-refractivity contribution in [1.29, 1.82) is 0 Å². The van der Waals surface area contributed by atoms with Gasteiger partial charge >= 0.3 is 5.97 Å². The molecular formula is C13H19NO4S. The second-order valence-corrected chi connectivity index (χ2v) is 6.82. The minimum Gasteiger partial charge on any atom is -0.480 e. The number of carbonyl (C=O) groups is 1. The number of rotatable bonds is 6. The smallest absolute Gasteiger partial charge is 0.322 e. The molecule has 0 aliphatic heterocycles. The molecule has 1 aromatic rings. The number of benzene rings is 1. The first-order valence-corrected chi connectivity index (χ1v) is 7.46. The summed E-state index contributed by atoms with van der Waals surface area (Å²) in [7, 11) is -2.47. The van der Waals surface area contributed by atoms with Gasteiger partial charge in [0, 0.05) is 7.05 Å². The van der Waals surface area contributed by atoms with Gasteiger partial charge in [0.1, 0.15) is 6.04 Å². The van der Waals surface area contributed by atoms with E-state index in [4.69, 9.17) is 0 Å². The zero-order valence-electron chi connectivity index (χ0n) is 11.3. The maximum absolute atomic E-state index is 12.3. The van der Waals surface area contributed by atoms with Gasteiger partial charge < -0.3 is 5.11 Å². The number of carboxylic acids is 1. The van der Waals surface area contributed by atoms with E-state index < -0.39 is 22.0 Å². The van der Waals surface area contributed by atoms with Gasteiger partial charge in [-0.05, 0) is 24.5 Å². The van der Waals surface area contributed by atoms with E-state index in [0.717, 1.165) is 4.31 Å². The van der Waals surface area contributed by atoms with Gasteiger partial charge in [0.15, 0.2) is 0 Å². The largest absolute Gasteiger partial charge is 0.480 e. The van der Waals surface area contributed by atoms with Gasteiger partial charge in [0.05, 0.1) is 4.90 Å². The van der Waals surface area contributed by atoms with Gasteiger partial charge in [0.25, 0.3) is 0 Å². The number of aliphatic carboxylic acids is 1. The first kappa shape index (κ1) is 15.7. The summed E-state index contributed by atoms with van der Waals surface area (Å²) in [4.78, 5) is 11.4. The van der Waals surface area contributed by atoms with Crippen molar-refractivity contribution in [2.45, 2.75) is 31.2 Å². The van der Waals surface area contributed by atoms with E-state index in [0.29, 0.717) is 0 Å². The van der Waals surface area contributed by atoms with Crippen LogP contribution in [0.3, 0.4) is 0 Å². The fraction of sp³-hybridized carbons (Fsp3) is 0.462. The van der Waals surface area contributed by atoms with Crippen LogP contribution < -0.4 is 0 Å². The average molecular weight is 285 g/mol. The molecule has 6 heteroatoms. The molecule has 1 atom stereocenters. The van der Waals surface area contributed by atoms with Crippen molar-refractivity contribution in [2.75, 3.05) is 7.05 Å². The summed E-state index contributed by atoms with van der Waals surface area (Å²) in [6.45, 7) is 3.72. The van der Waals surface area contributed by atoms with E-state index >= 15 is 0 Å². The van der Waals surface area contributed by atoms with Crippen molar-refractivity contribution >= 4 is 16.0 Å². The molecule has 0 aliphatic carbocycles. The second kappa shape index (κ2) is 6.16. The first-order valence-electron chi connectivity index (χ1n) is 6.02. The number of likely N-dealkylation sites (N-methyl/N-ethyl adjacent to an activating group) is 1. The molecule has 0 heterocycles. The van der Waals surface area contributed by atoms with Crippen molar-refractivity contribution in [2.24, 2.45) is 5.92 Å². The number of sulfonamides is 1. The van der Waals surface area contributed by atoms with Crippen LogP contribution in [-0.4, -0.2) is 36.9 Å².